The quantitative estimate of drug-likeness (QED) is 0.593. The molecule has 2 aromatic rings. The smallest absolute Gasteiger partial charge is 0.0707 e. The molecule has 2 rings (SSSR count). The van der Waals surface area contributed by atoms with Gasteiger partial charge < -0.3 is 0 Å². The van der Waals surface area contributed by atoms with Gasteiger partial charge in [-0.3, -0.25) is 4.99 Å². The molecule has 0 spiro atoms. The van der Waals surface area contributed by atoms with E-state index in [0.717, 1.165) is 11.4 Å². The highest BCUT2D eigenvalue weighted by Gasteiger charge is 1.97. The molecule has 0 aliphatic carbocycles. The first-order chi connectivity index (χ1) is 6.77. The van der Waals surface area contributed by atoms with E-state index in [1.165, 1.54) is 10.8 Å². The van der Waals surface area contributed by atoms with Crippen molar-refractivity contribution in [3.63, 3.8) is 0 Å². The van der Waals surface area contributed by atoms with Crippen LogP contribution in [0.15, 0.2) is 47.5 Å². The summed E-state index contributed by atoms with van der Waals surface area (Å²) in [6.07, 6.45) is 0. The zero-order valence-corrected chi connectivity index (χ0v) is 8.49. The van der Waals surface area contributed by atoms with Crippen LogP contribution in [0.1, 0.15) is 13.8 Å². The largest absolute Gasteiger partial charge is 0.258 e. The Morgan fingerprint density at radius 3 is 2.43 bits per heavy atom. The molecule has 0 amide bonds. The van der Waals surface area contributed by atoms with Crippen LogP contribution in [-0.2, 0) is 0 Å². The van der Waals surface area contributed by atoms with Crippen molar-refractivity contribution >= 4 is 22.2 Å². The predicted molar refractivity (Wildman–Crippen MR) is 62.4 cm³/mol. The Labute approximate surface area is 84.1 Å². The maximum absolute atomic E-state index is 4.50. The van der Waals surface area contributed by atoms with Gasteiger partial charge in [0.2, 0.25) is 0 Å². The van der Waals surface area contributed by atoms with Gasteiger partial charge >= 0.3 is 0 Å². The van der Waals surface area contributed by atoms with Crippen molar-refractivity contribution in [3.05, 3.63) is 42.5 Å². The summed E-state index contributed by atoms with van der Waals surface area (Å²) >= 11 is 0. The predicted octanol–water partition coefficient (Wildman–Crippen LogP) is 3.95. The summed E-state index contributed by atoms with van der Waals surface area (Å²) in [5.41, 5.74) is 2.14. The first kappa shape index (κ1) is 8.95. The van der Waals surface area contributed by atoms with Crippen molar-refractivity contribution in [1.82, 2.24) is 0 Å². The number of hydrogen-bond acceptors (Lipinski definition) is 1. The zero-order valence-electron chi connectivity index (χ0n) is 8.49. The maximum atomic E-state index is 4.50. The third-order valence-corrected chi connectivity index (χ3v) is 2.11. The van der Waals surface area contributed by atoms with E-state index >= 15 is 0 Å². The van der Waals surface area contributed by atoms with Crippen LogP contribution in [0.5, 0.6) is 0 Å². The lowest BCUT2D eigenvalue weighted by Gasteiger charge is -2.01. The van der Waals surface area contributed by atoms with Crippen LogP contribution in [0.25, 0.3) is 10.8 Å². The molecule has 0 saturated heterocycles. The van der Waals surface area contributed by atoms with Gasteiger partial charge in [0.1, 0.15) is 0 Å². The van der Waals surface area contributed by atoms with Crippen molar-refractivity contribution in [3.8, 4) is 0 Å². The van der Waals surface area contributed by atoms with Gasteiger partial charge in [0, 0.05) is 11.1 Å². The van der Waals surface area contributed by atoms with Gasteiger partial charge in [-0.1, -0.05) is 36.4 Å². The van der Waals surface area contributed by atoms with Gasteiger partial charge in [0.25, 0.3) is 0 Å². The molecule has 0 aliphatic heterocycles. The number of nitrogens with zero attached hydrogens (tertiary/aromatic N) is 1. The van der Waals surface area contributed by atoms with Gasteiger partial charge in [-0.05, 0) is 25.3 Å². The topological polar surface area (TPSA) is 12.4 Å². The van der Waals surface area contributed by atoms with E-state index in [1.54, 1.807) is 0 Å². The van der Waals surface area contributed by atoms with E-state index < -0.39 is 0 Å². The van der Waals surface area contributed by atoms with Gasteiger partial charge in [-0.15, -0.1) is 0 Å². The minimum atomic E-state index is 1.06. The molecule has 0 aromatic heterocycles. The van der Waals surface area contributed by atoms with Crippen molar-refractivity contribution in [2.24, 2.45) is 4.99 Å². The van der Waals surface area contributed by atoms with E-state index in [4.69, 9.17) is 0 Å². The fourth-order valence-electron chi connectivity index (χ4n) is 1.55. The highest BCUT2D eigenvalue weighted by Crippen LogP contribution is 2.25. The number of aliphatic imine (C=N–C) groups is 1. The van der Waals surface area contributed by atoms with Crippen LogP contribution in [0, 0.1) is 0 Å². The summed E-state index contributed by atoms with van der Waals surface area (Å²) in [7, 11) is 0. The van der Waals surface area contributed by atoms with Crippen molar-refractivity contribution < 1.29 is 0 Å². The van der Waals surface area contributed by atoms with Crippen LogP contribution in [0.3, 0.4) is 0 Å². The molecule has 70 valence electrons. The van der Waals surface area contributed by atoms with Crippen molar-refractivity contribution in [1.29, 1.82) is 0 Å². The summed E-state index contributed by atoms with van der Waals surface area (Å²) in [5.74, 6) is 0. The first-order valence-electron chi connectivity index (χ1n) is 4.77. The van der Waals surface area contributed by atoms with Gasteiger partial charge in [-0.25, -0.2) is 0 Å². The summed E-state index contributed by atoms with van der Waals surface area (Å²) in [6.45, 7) is 4.03. The average Bonchev–Trinajstić information content (AvgIpc) is 2.18. The molecule has 0 unspecified atom stereocenters. The first-order valence-corrected chi connectivity index (χ1v) is 4.77. The molecule has 0 saturated carbocycles. The number of benzene rings is 2. The third kappa shape index (κ3) is 1.67. The maximum Gasteiger partial charge on any atom is 0.0707 e. The second kappa shape index (κ2) is 3.62. The average molecular weight is 183 g/mol. The summed E-state index contributed by atoms with van der Waals surface area (Å²) in [6, 6.07) is 14.5. The Balaban J connectivity index is 2.71. The van der Waals surface area contributed by atoms with Crippen LogP contribution < -0.4 is 0 Å². The van der Waals surface area contributed by atoms with Crippen molar-refractivity contribution in [2.75, 3.05) is 0 Å². The van der Waals surface area contributed by atoms with Crippen LogP contribution in [0.4, 0.5) is 5.69 Å². The van der Waals surface area contributed by atoms with Crippen LogP contribution >= 0.6 is 0 Å². The number of fused-ring (bicyclic) bond motifs is 1. The van der Waals surface area contributed by atoms with E-state index in [1.807, 2.05) is 26.0 Å². The number of hydrogen-bond donors (Lipinski definition) is 0. The summed E-state index contributed by atoms with van der Waals surface area (Å²) < 4.78 is 0. The Kier molecular flexibility index (Phi) is 2.32. The highest BCUT2D eigenvalue weighted by atomic mass is 14.7. The molecule has 1 heteroatoms. The van der Waals surface area contributed by atoms with E-state index in [-0.39, 0.29) is 0 Å². The Morgan fingerprint density at radius 1 is 0.929 bits per heavy atom. The van der Waals surface area contributed by atoms with E-state index in [9.17, 15) is 0 Å². The monoisotopic (exact) mass is 183 g/mol. The molecular weight excluding hydrogens is 170 g/mol. The Morgan fingerprint density at radius 2 is 1.64 bits per heavy atom. The lowest BCUT2D eigenvalue weighted by atomic mass is 10.1. The van der Waals surface area contributed by atoms with Gasteiger partial charge in [0.15, 0.2) is 0 Å². The molecule has 0 radical (unpaired) electrons. The Hall–Kier alpha value is -1.63. The SMILES string of the molecule is CC(C)=Nc1cccc2ccccc12. The molecule has 0 fully saturated rings. The lowest BCUT2D eigenvalue weighted by molar-refractivity contribution is 1.50. The molecule has 14 heavy (non-hydrogen) atoms. The standard InChI is InChI=1S/C13H13N/c1-10(2)14-13-9-5-7-11-6-3-4-8-12(11)13/h3-9H,1-2H3. The lowest BCUT2D eigenvalue weighted by Crippen LogP contribution is -1.79. The molecule has 0 N–H and O–H groups in total. The van der Waals surface area contributed by atoms with Crippen molar-refractivity contribution in [2.45, 2.75) is 13.8 Å². The molecule has 0 aliphatic rings. The van der Waals surface area contributed by atoms with E-state index in [2.05, 4.69) is 35.3 Å². The molecule has 2 aromatic carbocycles. The molecule has 1 nitrogen and oxygen atoms in total. The molecule has 0 bridgehead atoms. The second-order valence-corrected chi connectivity index (χ2v) is 3.56. The molecule has 0 atom stereocenters. The third-order valence-electron chi connectivity index (χ3n) is 2.11. The Bertz CT molecular complexity index is 474. The van der Waals surface area contributed by atoms with Gasteiger partial charge in [0.05, 0.1) is 5.69 Å². The second-order valence-electron chi connectivity index (χ2n) is 3.56. The molecular formula is C13H13N. The minimum Gasteiger partial charge on any atom is -0.258 e. The highest BCUT2D eigenvalue weighted by molar-refractivity contribution is 5.95. The van der Waals surface area contributed by atoms with E-state index in [0.29, 0.717) is 0 Å². The van der Waals surface area contributed by atoms with Gasteiger partial charge in [-0.2, -0.15) is 0 Å². The normalized spacial score (nSPS) is 10.1. The molecule has 0 heterocycles. The van der Waals surface area contributed by atoms with Crippen LogP contribution in [-0.4, -0.2) is 5.71 Å². The fraction of sp³-hybridized carbons (Fsp3) is 0.154. The summed E-state index contributed by atoms with van der Waals surface area (Å²) in [4.78, 5) is 4.50. The minimum absolute atomic E-state index is 1.06. The fourth-order valence-corrected chi connectivity index (χ4v) is 1.55. The van der Waals surface area contributed by atoms with Crippen LogP contribution in [0.2, 0.25) is 0 Å². The summed E-state index contributed by atoms with van der Waals surface area (Å²) in [5, 5.41) is 2.46. The number of rotatable bonds is 1. The zero-order chi connectivity index (χ0) is 9.97.